The number of hydrogen-bond acceptors (Lipinski definition) is 6. The van der Waals surface area contributed by atoms with Gasteiger partial charge in [0.25, 0.3) is 0 Å². The van der Waals surface area contributed by atoms with Crippen molar-refractivity contribution in [3.05, 3.63) is 65.2 Å². The van der Waals surface area contributed by atoms with Crippen LogP contribution >= 0.6 is 0 Å². The minimum absolute atomic E-state index is 0.187. The predicted octanol–water partition coefficient (Wildman–Crippen LogP) is 3.98. The third-order valence-electron chi connectivity index (χ3n) is 3.86. The lowest BCUT2D eigenvalue weighted by Crippen LogP contribution is -2.15. The van der Waals surface area contributed by atoms with Crippen molar-refractivity contribution in [2.75, 3.05) is 7.11 Å². The van der Waals surface area contributed by atoms with Crippen LogP contribution in [0.4, 0.5) is 13.2 Å². The Kier molecular flexibility index (Phi) is 6.87. The smallest absolute Gasteiger partial charge is 0.416 e. The first-order valence-electron chi connectivity index (χ1n) is 8.25. The molecule has 0 aromatic heterocycles. The van der Waals surface area contributed by atoms with Gasteiger partial charge in [-0.3, -0.25) is 4.79 Å². The van der Waals surface area contributed by atoms with Gasteiger partial charge in [-0.15, -0.1) is 0 Å². The second-order valence-electron chi connectivity index (χ2n) is 5.91. The van der Waals surface area contributed by atoms with Crippen LogP contribution in [0.1, 0.15) is 29.2 Å². The number of aromatic hydroxyl groups is 2. The molecule has 0 radical (unpaired) electrons. The third kappa shape index (κ3) is 6.27. The van der Waals surface area contributed by atoms with Crippen molar-refractivity contribution in [3.8, 4) is 11.5 Å². The first-order chi connectivity index (χ1) is 13.6. The number of halogens is 3. The number of benzene rings is 2. The lowest BCUT2D eigenvalue weighted by atomic mass is 10.0. The number of rotatable bonds is 6. The summed E-state index contributed by atoms with van der Waals surface area (Å²) >= 11 is 0. The quantitative estimate of drug-likeness (QED) is 0.425. The Bertz CT molecular complexity index is 903. The first kappa shape index (κ1) is 21.8. The molecule has 0 aliphatic carbocycles. The molecule has 0 heterocycles. The normalized spacial score (nSPS) is 12.6. The fraction of sp³-hybridized carbons (Fsp3) is 0.200. The van der Waals surface area contributed by atoms with Gasteiger partial charge in [-0.05, 0) is 41.5 Å². The van der Waals surface area contributed by atoms with E-state index in [0.29, 0.717) is 5.56 Å². The molecular weight excluding hydrogens is 393 g/mol. The van der Waals surface area contributed by atoms with Gasteiger partial charge in [0.1, 0.15) is 6.10 Å². The zero-order valence-corrected chi connectivity index (χ0v) is 15.1. The highest BCUT2D eigenvalue weighted by Gasteiger charge is 2.30. The van der Waals surface area contributed by atoms with Gasteiger partial charge in [0, 0.05) is 6.08 Å². The number of phenolic OH excluding ortho intramolecular Hbond substituents is 2. The van der Waals surface area contributed by atoms with E-state index in [1.807, 2.05) is 0 Å². The number of ether oxygens (including phenoxy) is 2. The van der Waals surface area contributed by atoms with Crippen LogP contribution in [0.3, 0.4) is 0 Å². The van der Waals surface area contributed by atoms with E-state index in [-0.39, 0.29) is 23.5 Å². The summed E-state index contributed by atoms with van der Waals surface area (Å²) in [6.45, 7) is 0. The van der Waals surface area contributed by atoms with E-state index in [2.05, 4.69) is 4.74 Å². The van der Waals surface area contributed by atoms with Crippen molar-refractivity contribution in [1.29, 1.82) is 0 Å². The van der Waals surface area contributed by atoms with Gasteiger partial charge in [-0.25, -0.2) is 4.79 Å². The molecule has 1 unspecified atom stereocenters. The molecule has 154 valence electrons. The summed E-state index contributed by atoms with van der Waals surface area (Å²) in [6.07, 6.45) is -3.76. The number of esters is 2. The van der Waals surface area contributed by atoms with Crippen LogP contribution in [0.25, 0.3) is 6.08 Å². The molecule has 9 heteroatoms. The molecule has 0 aliphatic heterocycles. The summed E-state index contributed by atoms with van der Waals surface area (Å²) < 4.78 is 47.9. The van der Waals surface area contributed by atoms with Crippen LogP contribution in [-0.4, -0.2) is 29.3 Å². The monoisotopic (exact) mass is 410 g/mol. The molecule has 0 fully saturated rings. The topological polar surface area (TPSA) is 93.1 Å². The fourth-order valence-corrected chi connectivity index (χ4v) is 2.34. The van der Waals surface area contributed by atoms with Gasteiger partial charge in [-0.1, -0.05) is 18.2 Å². The van der Waals surface area contributed by atoms with Crippen molar-refractivity contribution in [2.24, 2.45) is 0 Å². The van der Waals surface area contributed by atoms with E-state index in [1.165, 1.54) is 24.3 Å². The molecule has 0 bridgehead atoms. The molecule has 2 aromatic rings. The van der Waals surface area contributed by atoms with Crippen molar-refractivity contribution in [1.82, 2.24) is 0 Å². The number of phenols is 2. The van der Waals surface area contributed by atoms with Gasteiger partial charge in [0.15, 0.2) is 11.5 Å². The number of alkyl halides is 3. The van der Waals surface area contributed by atoms with E-state index >= 15 is 0 Å². The second-order valence-corrected chi connectivity index (χ2v) is 5.91. The number of carbonyl (C=O) groups is 2. The molecule has 2 rings (SSSR count). The van der Waals surface area contributed by atoms with Gasteiger partial charge < -0.3 is 19.7 Å². The average Bonchev–Trinajstić information content (AvgIpc) is 2.67. The third-order valence-corrected chi connectivity index (χ3v) is 3.86. The van der Waals surface area contributed by atoms with Crippen LogP contribution in [0, 0.1) is 0 Å². The average molecular weight is 410 g/mol. The van der Waals surface area contributed by atoms with Crippen LogP contribution in [-0.2, 0) is 25.2 Å². The van der Waals surface area contributed by atoms with Gasteiger partial charge in [0.05, 0.1) is 19.1 Å². The highest BCUT2D eigenvalue weighted by molar-refractivity contribution is 5.87. The SMILES string of the molecule is COC(=O)CC(OC(=O)/C=C/c1ccc(O)c(O)c1)c1ccc(C(F)(F)F)cc1. The van der Waals surface area contributed by atoms with Crippen molar-refractivity contribution in [3.63, 3.8) is 0 Å². The molecule has 0 aliphatic rings. The van der Waals surface area contributed by atoms with Gasteiger partial charge in [0.2, 0.25) is 0 Å². The van der Waals surface area contributed by atoms with E-state index in [4.69, 9.17) is 4.74 Å². The molecule has 29 heavy (non-hydrogen) atoms. The van der Waals surface area contributed by atoms with Crippen LogP contribution in [0.5, 0.6) is 11.5 Å². The molecule has 2 N–H and O–H groups in total. The molecule has 0 amide bonds. The van der Waals surface area contributed by atoms with Crippen molar-refractivity contribution in [2.45, 2.75) is 18.7 Å². The molecule has 0 saturated heterocycles. The summed E-state index contributed by atoms with van der Waals surface area (Å²) in [5, 5.41) is 18.7. The lowest BCUT2D eigenvalue weighted by Gasteiger charge is -2.17. The van der Waals surface area contributed by atoms with E-state index in [0.717, 1.165) is 37.5 Å². The Morgan fingerprint density at radius 2 is 1.72 bits per heavy atom. The molecule has 0 spiro atoms. The summed E-state index contributed by atoms with van der Waals surface area (Å²) in [4.78, 5) is 23.7. The highest BCUT2D eigenvalue weighted by Crippen LogP contribution is 2.31. The van der Waals surface area contributed by atoms with E-state index in [1.54, 1.807) is 0 Å². The molecule has 2 aromatic carbocycles. The van der Waals surface area contributed by atoms with Gasteiger partial charge in [-0.2, -0.15) is 13.2 Å². The fourth-order valence-electron chi connectivity index (χ4n) is 2.34. The van der Waals surface area contributed by atoms with E-state index in [9.17, 15) is 33.0 Å². The summed E-state index contributed by atoms with van der Waals surface area (Å²) in [5.74, 6) is -2.29. The molecule has 1 atom stereocenters. The summed E-state index contributed by atoms with van der Waals surface area (Å²) in [5.41, 5.74) is -0.305. The zero-order chi connectivity index (χ0) is 21.6. The number of hydrogen-bond donors (Lipinski definition) is 2. The minimum atomic E-state index is -4.52. The van der Waals surface area contributed by atoms with Crippen molar-refractivity contribution >= 4 is 18.0 Å². The van der Waals surface area contributed by atoms with Gasteiger partial charge >= 0.3 is 18.1 Å². The van der Waals surface area contributed by atoms with E-state index < -0.39 is 29.8 Å². The maximum Gasteiger partial charge on any atom is 0.416 e. The number of methoxy groups -OCH3 is 1. The summed E-state index contributed by atoms with van der Waals surface area (Å²) in [6, 6.07) is 7.74. The van der Waals surface area contributed by atoms with Crippen molar-refractivity contribution < 1.29 is 42.4 Å². The van der Waals surface area contributed by atoms with Crippen LogP contribution in [0.2, 0.25) is 0 Å². The number of carbonyl (C=O) groups excluding carboxylic acids is 2. The molecular formula is C20H17F3O6. The Hall–Kier alpha value is -3.49. The molecule has 6 nitrogen and oxygen atoms in total. The Labute approximate surface area is 163 Å². The maximum atomic E-state index is 12.7. The Morgan fingerprint density at radius 1 is 1.07 bits per heavy atom. The lowest BCUT2D eigenvalue weighted by molar-refractivity contribution is -0.150. The van der Waals surface area contributed by atoms with Crippen LogP contribution in [0.15, 0.2) is 48.5 Å². The second kappa shape index (κ2) is 9.13. The summed E-state index contributed by atoms with van der Waals surface area (Å²) in [7, 11) is 1.13. The molecule has 0 saturated carbocycles. The zero-order valence-electron chi connectivity index (χ0n) is 15.1. The first-order valence-corrected chi connectivity index (χ1v) is 8.25. The largest absolute Gasteiger partial charge is 0.504 e. The van der Waals surface area contributed by atoms with Crippen LogP contribution < -0.4 is 0 Å². The predicted molar refractivity (Wildman–Crippen MR) is 95.7 cm³/mol. The highest BCUT2D eigenvalue weighted by atomic mass is 19.4. The maximum absolute atomic E-state index is 12.7. The minimum Gasteiger partial charge on any atom is -0.504 e. The Balaban J connectivity index is 2.17. The standard InChI is InChI=1S/C20H17F3O6/c1-28-19(27)11-17(13-4-6-14(7-5-13)20(21,22)23)29-18(26)9-3-12-2-8-15(24)16(25)10-12/h2-10,17,24-25H,11H2,1H3/b9-3+. The Morgan fingerprint density at radius 3 is 2.28 bits per heavy atom.